The van der Waals surface area contributed by atoms with Crippen LogP contribution in [0.1, 0.15) is 32.3 Å². The molecule has 0 amide bonds. The van der Waals surface area contributed by atoms with Crippen LogP contribution < -0.4 is 4.57 Å². The Bertz CT molecular complexity index is 555. The topological polar surface area (TPSA) is 3.88 Å². The second-order valence-electron chi connectivity index (χ2n) is 4.72. The third-order valence-corrected chi connectivity index (χ3v) is 3.28. The molecule has 1 aromatic heterocycles. The molecule has 0 aliphatic rings. The molecule has 1 heterocycles. The van der Waals surface area contributed by atoms with Gasteiger partial charge in [-0.1, -0.05) is 43.7 Å². The second kappa shape index (κ2) is 6.89. The van der Waals surface area contributed by atoms with Crippen LogP contribution in [0.25, 0.3) is 17.3 Å². The van der Waals surface area contributed by atoms with E-state index in [9.17, 15) is 0 Å². The van der Waals surface area contributed by atoms with Crippen molar-refractivity contribution in [3.63, 3.8) is 0 Å². The summed E-state index contributed by atoms with van der Waals surface area (Å²) in [5, 5.41) is 0. The maximum atomic E-state index is 2.35. The number of aromatic nitrogens is 1. The van der Waals surface area contributed by atoms with Gasteiger partial charge in [0.2, 0.25) is 5.69 Å². The van der Waals surface area contributed by atoms with E-state index in [1.807, 2.05) is 0 Å². The van der Waals surface area contributed by atoms with Crippen molar-refractivity contribution >= 4 is 6.08 Å². The Morgan fingerprint density at radius 3 is 2.63 bits per heavy atom. The number of hydrogen-bond acceptors (Lipinski definition) is 0. The van der Waals surface area contributed by atoms with E-state index in [1.165, 1.54) is 29.7 Å². The lowest BCUT2D eigenvalue weighted by Gasteiger charge is -2.06. The van der Waals surface area contributed by atoms with Crippen molar-refractivity contribution in [2.24, 2.45) is 0 Å². The van der Waals surface area contributed by atoms with Gasteiger partial charge in [0.15, 0.2) is 6.20 Å². The molecule has 19 heavy (non-hydrogen) atoms. The number of allylic oxidation sites excluding steroid dienone is 1. The molecule has 0 saturated carbocycles. The van der Waals surface area contributed by atoms with E-state index in [-0.39, 0.29) is 0 Å². The van der Waals surface area contributed by atoms with Crippen LogP contribution in [0.3, 0.4) is 0 Å². The first-order chi connectivity index (χ1) is 9.36. The minimum absolute atomic E-state index is 1.08. The fourth-order valence-corrected chi connectivity index (χ4v) is 2.30. The first kappa shape index (κ1) is 13.5. The van der Waals surface area contributed by atoms with Gasteiger partial charge in [0.1, 0.15) is 6.54 Å². The molecule has 0 radical (unpaired) electrons. The average Bonchev–Trinajstić information content (AvgIpc) is 2.46. The zero-order valence-electron chi connectivity index (χ0n) is 11.8. The fraction of sp³-hybridized carbons (Fsp3) is 0.278. The van der Waals surface area contributed by atoms with E-state index in [0.717, 1.165) is 6.54 Å². The normalized spacial score (nSPS) is 11.1. The first-order valence-corrected chi connectivity index (χ1v) is 7.07. The molecule has 0 unspecified atom stereocenters. The van der Waals surface area contributed by atoms with Crippen molar-refractivity contribution < 1.29 is 4.57 Å². The summed E-state index contributed by atoms with van der Waals surface area (Å²) in [6, 6.07) is 15.0. The van der Waals surface area contributed by atoms with Crippen LogP contribution in [-0.4, -0.2) is 0 Å². The first-order valence-electron chi connectivity index (χ1n) is 7.07. The van der Waals surface area contributed by atoms with Gasteiger partial charge in [-0.15, -0.1) is 0 Å². The molecule has 1 heteroatoms. The molecule has 0 N–H and O–H groups in total. The zero-order valence-corrected chi connectivity index (χ0v) is 11.8. The van der Waals surface area contributed by atoms with E-state index in [2.05, 4.69) is 79.2 Å². The van der Waals surface area contributed by atoms with E-state index in [0.29, 0.717) is 0 Å². The van der Waals surface area contributed by atoms with Crippen molar-refractivity contribution in [3.05, 3.63) is 60.3 Å². The summed E-state index contributed by atoms with van der Waals surface area (Å²) >= 11 is 0. The summed E-state index contributed by atoms with van der Waals surface area (Å²) in [5.41, 5.74) is 3.88. The van der Waals surface area contributed by atoms with E-state index in [1.54, 1.807) is 0 Å². The highest BCUT2D eigenvalue weighted by molar-refractivity contribution is 5.71. The Kier molecular flexibility index (Phi) is 4.91. The van der Waals surface area contributed by atoms with Crippen molar-refractivity contribution in [2.45, 2.75) is 33.2 Å². The summed E-state index contributed by atoms with van der Waals surface area (Å²) in [4.78, 5) is 0. The molecule has 0 spiro atoms. The Morgan fingerprint density at radius 1 is 1.05 bits per heavy atom. The molecule has 0 atom stereocenters. The Balaban J connectivity index is 2.46. The molecule has 2 aromatic rings. The van der Waals surface area contributed by atoms with Crippen molar-refractivity contribution in [3.8, 4) is 11.3 Å². The number of unbranched alkanes of at least 4 members (excludes halogenated alkanes) is 1. The zero-order chi connectivity index (χ0) is 13.5. The van der Waals surface area contributed by atoms with Crippen LogP contribution in [0, 0.1) is 0 Å². The van der Waals surface area contributed by atoms with Gasteiger partial charge < -0.3 is 0 Å². The largest absolute Gasteiger partial charge is 0.213 e. The highest BCUT2D eigenvalue weighted by Crippen LogP contribution is 2.21. The number of nitrogens with zero attached hydrogens (tertiary/aromatic N) is 1. The maximum Gasteiger partial charge on any atom is 0.213 e. The Hall–Kier alpha value is -1.89. The highest BCUT2D eigenvalue weighted by atomic mass is 14.9. The summed E-state index contributed by atoms with van der Waals surface area (Å²) in [5.74, 6) is 0. The SMILES string of the molecule is CC=Cc1ccccc1-c1cccc[n+]1CCCC. The van der Waals surface area contributed by atoms with Crippen LogP contribution >= 0.6 is 0 Å². The standard InChI is InChI=1S/C18H22N/c1-3-5-14-19-15-9-8-13-18(19)17-12-7-6-11-16(17)10-4-2/h4,6-13,15H,3,5,14H2,1-2H3/q+1. The van der Waals surface area contributed by atoms with Crippen molar-refractivity contribution in [1.29, 1.82) is 0 Å². The molecule has 0 fully saturated rings. The molecule has 1 aromatic carbocycles. The monoisotopic (exact) mass is 252 g/mol. The lowest BCUT2D eigenvalue weighted by molar-refractivity contribution is -0.686. The molecule has 0 bridgehead atoms. The molecular weight excluding hydrogens is 230 g/mol. The Morgan fingerprint density at radius 2 is 1.84 bits per heavy atom. The molecule has 0 aliphatic carbocycles. The second-order valence-corrected chi connectivity index (χ2v) is 4.72. The van der Waals surface area contributed by atoms with Gasteiger partial charge in [-0.2, -0.15) is 4.57 Å². The van der Waals surface area contributed by atoms with Gasteiger partial charge >= 0.3 is 0 Å². The van der Waals surface area contributed by atoms with Gasteiger partial charge in [0, 0.05) is 18.6 Å². The van der Waals surface area contributed by atoms with Gasteiger partial charge in [0.25, 0.3) is 0 Å². The average molecular weight is 252 g/mol. The van der Waals surface area contributed by atoms with Crippen LogP contribution in [0.4, 0.5) is 0 Å². The predicted molar refractivity (Wildman–Crippen MR) is 81.7 cm³/mol. The number of rotatable bonds is 5. The smallest absolute Gasteiger partial charge is 0.198 e. The van der Waals surface area contributed by atoms with Gasteiger partial charge in [-0.3, -0.25) is 0 Å². The summed E-state index contributed by atoms with van der Waals surface area (Å²) in [7, 11) is 0. The third kappa shape index (κ3) is 3.31. The van der Waals surface area contributed by atoms with Crippen molar-refractivity contribution in [2.75, 3.05) is 0 Å². The predicted octanol–water partition coefficient (Wildman–Crippen LogP) is 4.47. The summed E-state index contributed by atoms with van der Waals surface area (Å²) in [6.45, 7) is 5.38. The lowest BCUT2D eigenvalue weighted by atomic mass is 10.0. The van der Waals surface area contributed by atoms with Crippen LogP contribution in [0.15, 0.2) is 54.7 Å². The summed E-state index contributed by atoms with van der Waals surface area (Å²) < 4.78 is 2.35. The fourth-order valence-electron chi connectivity index (χ4n) is 2.30. The Labute approximate surface area is 116 Å². The molecular formula is C18H22N+. The molecule has 2 rings (SSSR count). The number of pyridine rings is 1. The van der Waals surface area contributed by atoms with E-state index < -0.39 is 0 Å². The van der Waals surface area contributed by atoms with Crippen LogP contribution in [-0.2, 0) is 6.54 Å². The highest BCUT2D eigenvalue weighted by Gasteiger charge is 2.13. The van der Waals surface area contributed by atoms with Crippen LogP contribution in [0.2, 0.25) is 0 Å². The minimum atomic E-state index is 1.08. The molecule has 1 nitrogen and oxygen atoms in total. The molecule has 98 valence electrons. The van der Waals surface area contributed by atoms with Crippen molar-refractivity contribution in [1.82, 2.24) is 0 Å². The maximum absolute atomic E-state index is 2.35. The van der Waals surface area contributed by atoms with Gasteiger partial charge in [0.05, 0.1) is 5.56 Å². The number of hydrogen-bond donors (Lipinski definition) is 0. The van der Waals surface area contributed by atoms with Gasteiger partial charge in [-0.25, -0.2) is 0 Å². The van der Waals surface area contributed by atoms with Gasteiger partial charge in [-0.05, 0) is 24.6 Å². The number of aryl methyl sites for hydroxylation is 1. The van der Waals surface area contributed by atoms with E-state index in [4.69, 9.17) is 0 Å². The van der Waals surface area contributed by atoms with E-state index >= 15 is 0 Å². The molecule has 0 aliphatic heterocycles. The quantitative estimate of drug-likeness (QED) is 0.691. The molecule has 0 saturated heterocycles. The third-order valence-electron chi connectivity index (χ3n) is 3.28. The minimum Gasteiger partial charge on any atom is -0.198 e. The number of benzene rings is 1. The lowest BCUT2D eigenvalue weighted by Crippen LogP contribution is -2.35. The summed E-state index contributed by atoms with van der Waals surface area (Å²) in [6.07, 6.45) is 8.88. The van der Waals surface area contributed by atoms with Crippen LogP contribution in [0.5, 0.6) is 0 Å².